The molecule has 0 radical (unpaired) electrons. The van der Waals surface area contributed by atoms with E-state index in [1.807, 2.05) is 18.6 Å². The van der Waals surface area contributed by atoms with Crippen LogP contribution in [-0.2, 0) is 13.0 Å². The normalized spacial score (nSPS) is 10.6. The molecule has 0 saturated heterocycles. The van der Waals surface area contributed by atoms with E-state index in [0.29, 0.717) is 0 Å². The smallest absolute Gasteiger partial charge is 0.0968 e. The molecule has 1 aromatic heterocycles. The molecule has 0 unspecified atom stereocenters. The number of benzene rings is 1. The first-order valence-electron chi connectivity index (χ1n) is 5.41. The molecular formula is C13H16N2S. The van der Waals surface area contributed by atoms with Crippen molar-refractivity contribution in [1.29, 1.82) is 0 Å². The fourth-order valence-corrected chi connectivity index (χ4v) is 2.37. The van der Waals surface area contributed by atoms with Crippen LogP contribution >= 0.6 is 11.3 Å². The Labute approximate surface area is 100 Å². The van der Waals surface area contributed by atoms with Crippen LogP contribution in [0, 0.1) is 6.92 Å². The lowest BCUT2D eigenvalue weighted by Crippen LogP contribution is -2.05. The molecule has 1 heterocycles. The van der Waals surface area contributed by atoms with E-state index < -0.39 is 0 Å². The minimum Gasteiger partial charge on any atom is -0.316 e. The molecule has 0 spiro atoms. The van der Waals surface area contributed by atoms with Gasteiger partial charge in [-0.1, -0.05) is 18.2 Å². The molecule has 1 aromatic carbocycles. The average molecular weight is 232 g/mol. The number of aromatic nitrogens is 1. The Morgan fingerprint density at radius 1 is 1.38 bits per heavy atom. The molecule has 1 N–H and O–H groups in total. The Morgan fingerprint density at radius 3 is 2.94 bits per heavy atom. The minimum absolute atomic E-state index is 0.922. The number of aryl methyl sites for hydroxylation is 1. The average Bonchev–Trinajstić information content (AvgIpc) is 2.76. The monoisotopic (exact) mass is 232 g/mol. The summed E-state index contributed by atoms with van der Waals surface area (Å²) in [7, 11) is 1.97. The molecule has 2 aromatic rings. The second-order valence-corrected chi connectivity index (χ2v) is 4.87. The van der Waals surface area contributed by atoms with Gasteiger partial charge in [0.05, 0.1) is 5.01 Å². The third-order valence-corrected chi connectivity index (χ3v) is 3.40. The van der Waals surface area contributed by atoms with Gasteiger partial charge in [0, 0.05) is 24.5 Å². The van der Waals surface area contributed by atoms with Gasteiger partial charge >= 0.3 is 0 Å². The fourth-order valence-electron chi connectivity index (χ4n) is 1.73. The second kappa shape index (κ2) is 5.23. The summed E-state index contributed by atoms with van der Waals surface area (Å²) in [5, 5.41) is 6.39. The van der Waals surface area contributed by atoms with Crippen molar-refractivity contribution in [3.8, 4) is 0 Å². The summed E-state index contributed by atoms with van der Waals surface area (Å²) in [6.07, 6.45) is 2.81. The zero-order valence-electron chi connectivity index (χ0n) is 9.66. The Kier molecular flexibility index (Phi) is 3.70. The summed E-state index contributed by atoms with van der Waals surface area (Å²) < 4.78 is 0. The van der Waals surface area contributed by atoms with Crippen LogP contribution < -0.4 is 5.32 Å². The van der Waals surface area contributed by atoms with Gasteiger partial charge in [-0.3, -0.25) is 0 Å². The Hall–Kier alpha value is -1.19. The van der Waals surface area contributed by atoms with Gasteiger partial charge in [-0.25, -0.2) is 4.98 Å². The van der Waals surface area contributed by atoms with Crippen LogP contribution in [0.3, 0.4) is 0 Å². The van der Waals surface area contributed by atoms with Gasteiger partial charge in [0.25, 0.3) is 0 Å². The van der Waals surface area contributed by atoms with Crippen LogP contribution in [0.15, 0.2) is 29.8 Å². The van der Waals surface area contributed by atoms with E-state index in [0.717, 1.165) is 13.0 Å². The maximum Gasteiger partial charge on any atom is 0.0968 e. The largest absolute Gasteiger partial charge is 0.316 e. The highest BCUT2D eigenvalue weighted by Crippen LogP contribution is 2.17. The SMILES string of the molecule is CNCc1ccc(C)c(Cc2nccs2)c1. The third-order valence-electron chi connectivity index (χ3n) is 2.62. The van der Waals surface area contributed by atoms with Gasteiger partial charge in [-0.05, 0) is 30.7 Å². The van der Waals surface area contributed by atoms with Crippen molar-refractivity contribution in [1.82, 2.24) is 10.3 Å². The van der Waals surface area contributed by atoms with Crippen molar-refractivity contribution in [3.05, 3.63) is 51.5 Å². The first kappa shape index (κ1) is 11.3. The second-order valence-electron chi connectivity index (χ2n) is 3.89. The molecule has 0 atom stereocenters. The van der Waals surface area contributed by atoms with E-state index in [1.54, 1.807) is 11.3 Å². The molecule has 0 bridgehead atoms. The van der Waals surface area contributed by atoms with Crippen LogP contribution in [0.2, 0.25) is 0 Å². The summed E-state index contributed by atoms with van der Waals surface area (Å²) in [6, 6.07) is 6.64. The minimum atomic E-state index is 0.922. The zero-order valence-corrected chi connectivity index (χ0v) is 10.5. The molecule has 0 aliphatic heterocycles. The molecule has 84 valence electrons. The van der Waals surface area contributed by atoms with E-state index in [1.165, 1.54) is 21.7 Å². The molecule has 0 fully saturated rings. The van der Waals surface area contributed by atoms with Gasteiger partial charge in [-0.15, -0.1) is 11.3 Å². The van der Waals surface area contributed by atoms with Gasteiger partial charge in [0.1, 0.15) is 0 Å². The summed E-state index contributed by atoms with van der Waals surface area (Å²) in [4.78, 5) is 4.33. The lowest BCUT2D eigenvalue weighted by atomic mass is 10.0. The predicted molar refractivity (Wildman–Crippen MR) is 68.9 cm³/mol. The third kappa shape index (κ3) is 2.68. The number of hydrogen-bond donors (Lipinski definition) is 1. The topological polar surface area (TPSA) is 24.9 Å². The van der Waals surface area contributed by atoms with Crippen LogP contribution in [0.25, 0.3) is 0 Å². The summed E-state index contributed by atoms with van der Waals surface area (Å²) >= 11 is 1.72. The highest BCUT2D eigenvalue weighted by Gasteiger charge is 2.03. The van der Waals surface area contributed by atoms with Crippen molar-refractivity contribution in [2.24, 2.45) is 0 Å². The number of nitrogens with one attached hydrogen (secondary N) is 1. The molecular weight excluding hydrogens is 216 g/mol. The Balaban J connectivity index is 2.21. The highest BCUT2D eigenvalue weighted by molar-refractivity contribution is 7.09. The van der Waals surface area contributed by atoms with E-state index in [2.05, 4.69) is 35.4 Å². The van der Waals surface area contributed by atoms with Gasteiger partial charge in [0.15, 0.2) is 0 Å². The summed E-state index contributed by atoms with van der Waals surface area (Å²) in [5.74, 6) is 0. The number of nitrogens with zero attached hydrogens (tertiary/aromatic N) is 1. The Morgan fingerprint density at radius 2 is 2.25 bits per heavy atom. The lowest BCUT2D eigenvalue weighted by Gasteiger charge is -2.07. The van der Waals surface area contributed by atoms with Crippen LogP contribution in [0.5, 0.6) is 0 Å². The van der Waals surface area contributed by atoms with E-state index >= 15 is 0 Å². The van der Waals surface area contributed by atoms with E-state index in [-0.39, 0.29) is 0 Å². The van der Waals surface area contributed by atoms with Gasteiger partial charge in [-0.2, -0.15) is 0 Å². The molecule has 2 nitrogen and oxygen atoms in total. The summed E-state index contributed by atoms with van der Waals surface area (Å²) in [6.45, 7) is 3.08. The van der Waals surface area contributed by atoms with Gasteiger partial charge in [0.2, 0.25) is 0 Å². The maximum atomic E-state index is 4.33. The fraction of sp³-hybridized carbons (Fsp3) is 0.308. The summed E-state index contributed by atoms with van der Waals surface area (Å²) in [5.41, 5.74) is 4.05. The molecule has 0 aliphatic rings. The van der Waals surface area contributed by atoms with E-state index in [4.69, 9.17) is 0 Å². The number of thiazole rings is 1. The van der Waals surface area contributed by atoms with Crippen molar-refractivity contribution < 1.29 is 0 Å². The first-order valence-corrected chi connectivity index (χ1v) is 6.29. The molecule has 0 amide bonds. The van der Waals surface area contributed by atoms with Crippen LogP contribution in [0.4, 0.5) is 0 Å². The van der Waals surface area contributed by atoms with Crippen molar-refractivity contribution in [3.63, 3.8) is 0 Å². The Bertz CT molecular complexity index is 449. The molecule has 3 heteroatoms. The number of hydrogen-bond acceptors (Lipinski definition) is 3. The molecule has 0 saturated carbocycles. The first-order chi connectivity index (χ1) is 7.79. The van der Waals surface area contributed by atoms with Crippen molar-refractivity contribution in [2.75, 3.05) is 7.05 Å². The standard InChI is InChI=1S/C13H16N2S/c1-10-3-4-11(9-14-2)7-12(10)8-13-15-5-6-16-13/h3-7,14H,8-9H2,1-2H3. The molecule has 16 heavy (non-hydrogen) atoms. The molecule has 0 aliphatic carbocycles. The zero-order chi connectivity index (χ0) is 11.4. The predicted octanol–water partition coefficient (Wildman–Crippen LogP) is 2.76. The highest BCUT2D eigenvalue weighted by atomic mass is 32.1. The van der Waals surface area contributed by atoms with Crippen molar-refractivity contribution in [2.45, 2.75) is 19.9 Å². The van der Waals surface area contributed by atoms with Crippen LogP contribution in [0.1, 0.15) is 21.7 Å². The number of rotatable bonds is 4. The van der Waals surface area contributed by atoms with E-state index in [9.17, 15) is 0 Å². The van der Waals surface area contributed by atoms with Crippen LogP contribution in [-0.4, -0.2) is 12.0 Å². The molecule has 2 rings (SSSR count). The maximum absolute atomic E-state index is 4.33. The quantitative estimate of drug-likeness (QED) is 0.876. The van der Waals surface area contributed by atoms with Gasteiger partial charge < -0.3 is 5.32 Å². The lowest BCUT2D eigenvalue weighted by molar-refractivity contribution is 0.815. The van der Waals surface area contributed by atoms with Crippen molar-refractivity contribution >= 4 is 11.3 Å².